The maximum Gasteiger partial charge on any atom is 0.415 e. The molecule has 2 aliphatic heterocycles. The van der Waals surface area contributed by atoms with E-state index in [0.29, 0.717) is 77.4 Å². The van der Waals surface area contributed by atoms with Crippen molar-refractivity contribution in [2.75, 3.05) is 61.2 Å². The number of ether oxygens (including phenoxy) is 1. The summed E-state index contributed by atoms with van der Waals surface area (Å²) in [6.45, 7) is 12.1. The van der Waals surface area contributed by atoms with Crippen molar-refractivity contribution in [3.05, 3.63) is 95.7 Å². The average molecular weight is 905 g/mol. The van der Waals surface area contributed by atoms with E-state index in [1.54, 1.807) is 64.4 Å². The van der Waals surface area contributed by atoms with Crippen LogP contribution in [0.15, 0.2) is 78.9 Å². The van der Waals surface area contributed by atoms with Crippen LogP contribution in [0.1, 0.15) is 79.8 Å². The van der Waals surface area contributed by atoms with Gasteiger partial charge >= 0.3 is 6.09 Å². The van der Waals surface area contributed by atoms with Crippen molar-refractivity contribution in [2.24, 2.45) is 11.8 Å². The Kier molecular flexibility index (Phi) is 14.4. The highest BCUT2D eigenvalue weighted by Crippen LogP contribution is 2.46. The van der Waals surface area contributed by atoms with Crippen molar-refractivity contribution in [3.8, 4) is 5.75 Å². The first kappa shape index (κ1) is 46.5. The van der Waals surface area contributed by atoms with Crippen molar-refractivity contribution in [1.82, 2.24) is 25.4 Å². The average Bonchev–Trinajstić information content (AvgIpc) is 3.87. The maximum atomic E-state index is 14.4. The van der Waals surface area contributed by atoms with Crippen LogP contribution >= 0.6 is 11.6 Å². The number of anilines is 3. The zero-order valence-corrected chi connectivity index (χ0v) is 38.4. The van der Waals surface area contributed by atoms with Gasteiger partial charge in [-0.3, -0.25) is 24.0 Å². The molecular formula is C49H57ClN8O7. The summed E-state index contributed by atoms with van der Waals surface area (Å²) >= 11 is 6.54. The second-order valence-electron chi connectivity index (χ2n) is 17.9. The number of fused-ring (bicyclic) bond motifs is 4. The SMILES string of the molecule is CC(=O)N[C@@H](CC(C)C)C(=O)N[C@@H](CC(C)C)C(=O)Nc1ccc(C(=O)Nc2ccc3[nH]c(C(=O)N4C[C@@H](CCl)c5c4cc(OC(=O)N4CCN(C)CC4)c4ccccc54)cc3c2)cc1. The number of nitrogens with zero attached hydrogens (tertiary/aromatic N) is 3. The lowest BCUT2D eigenvalue weighted by Gasteiger charge is -2.31. The van der Waals surface area contributed by atoms with Crippen LogP contribution in [0, 0.1) is 11.8 Å². The van der Waals surface area contributed by atoms with Gasteiger partial charge in [0.1, 0.15) is 23.5 Å². The Morgan fingerprint density at radius 1 is 0.769 bits per heavy atom. The van der Waals surface area contributed by atoms with Gasteiger partial charge in [0.25, 0.3) is 11.8 Å². The molecule has 1 fully saturated rings. The molecule has 7 rings (SSSR count). The minimum absolute atomic E-state index is 0.0898. The van der Waals surface area contributed by atoms with Crippen molar-refractivity contribution < 1.29 is 33.5 Å². The van der Waals surface area contributed by atoms with E-state index in [9.17, 15) is 28.8 Å². The summed E-state index contributed by atoms with van der Waals surface area (Å²) in [5, 5.41) is 13.6. The Morgan fingerprint density at radius 2 is 1.42 bits per heavy atom. The standard InChI is InChI=1S/C49H57ClN8O7/c1-28(2)21-39(51-30(5)59)47(62)55-40(22-29(3)4)46(61)52-34-13-11-31(12-14-34)45(60)53-35-15-16-38-32(23-35)24-41(54-38)48(63)58-27-33(26-50)44-37-10-8-7-9-36(37)43(25-42(44)58)65-49(64)57-19-17-56(6)18-20-57/h7-16,23-25,28-29,33,39-40,54H,17-22,26-27H2,1-6H3,(H,51,59)(H,52,61)(H,53,60)(H,55,62)/t33-,39+,40+/m1/s1. The summed E-state index contributed by atoms with van der Waals surface area (Å²) in [6.07, 6.45) is 0.370. The van der Waals surface area contributed by atoms with E-state index < -0.39 is 30.0 Å². The van der Waals surface area contributed by atoms with Gasteiger partial charge in [-0.05, 0) is 91.2 Å². The van der Waals surface area contributed by atoms with Gasteiger partial charge in [-0.1, -0.05) is 52.0 Å². The van der Waals surface area contributed by atoms with E-state index in [1.807, 2.05) is 59.0 Å². The van der Waals surface area contributed by atoms with E-state index in [2.05, 4.69) is 31.2 Å². The van der Waals surface area contributed by atoms with Crippen molar-refractivity contribution in [3.63, 3.8) is 0 Å². The third-order valence-corrected chi connectivity index (χ3v) is 12.2. The summed E-state index contributed by atoms with van der Waals surface area (Å²) in [6, 6.07) is 21.3. The second kappa shape index (κ2) is 20.2. The van der Waals surface area contributed by atoms with Crippen LogP contribution in [0.2, 0.25) is 0 Å². The molecule has 5 aromatic rings. The highest BCUT2D eigenvalue weighted by molar-refractivity contribution is 6.19. The number of likely N-dealkylation sites (N-methyl/N-ethyl adjacent to an activating group) is 1. The van der Waals surface area contributed by atoms with Gasteiger partial charge in [-0.2, -0.15) is 0 Å². The lowest BCUT2D eigenvalue weighted by Crippen LogP contribution is -2.53. The van der Waals surface area contributed by atoms with Gasteiger partial charge in [0.15, 0.2) is 0 Å². The predicted molar refractivity (Wildman–Crippen MR) is 254 cm³/mol. The van der Waals surface area contributed by atoms with Crippen LogP contribution < -0.4 is 30.9 Å². The fourth-order valence-electron chi connectivity index (χ4n) is 8.50. The molecule has 342 valence electrons. The number of hydrogen-bond donors (Lipinski definition) is 5. The third kappa shape index (κ3) is 10.9. The van der Waals surface area contributed by atoms with E-state index in [4.69, 9.17) is 16.3 Å². The largest absolute Gasteiger partial charge is 0.415 e. The molecule has 3 heterocycles. The third-order valence-electron chi connectivity index (χ3n) is 11.8. The molecule has 1 aromatic heterocycles. The molecule has 65 heavy (non-hydrogen) atoms. The number of carbonyl (C=O) groups is 6. The van der Waals surface area contributed by atoms with Gasteiger partial charge in [0, 0.05) is 90.7 Å². The number of piperazine rings is 1. The van der Waals surface area contributed by atoms with Crippen molar-refractivity contribution in [1.29, 1.82) is 0 Å². The van der Waals surface area contributed by atoms with Gasteiger partial charge in [0.2, 0.25) is 17.7 Å². The second-order valence-corrected chi connectivity index (χ2v) is 18.2. The number of amides is 6. The first-order valence-corrected chi connectivity index (χ1v) is 22.6. The molecule has 0 unspecified atom stereocenters. The fourth-order valence-corrected chi connectivity index (χ4v) is 8.75. The van der Waals surface area contributed by atoms with Crippen LogP contribution in [0.5, 0.6) is 5.75 Å². The molecule has 3 atom stereocenters. The summed E-state index contributed by atoms with van der Waals surface area (Å²) in [5.74, 6) is -1.10. The number of benzene rings is 4. The van der Waals surface area contributed by atoms with Gasteiger partial charge in [-0.15, -0.1) is 11.6 Å². The number of halogens is 1. The number of aromatic amines is 1. The Hall–Kier alpha value is -6.45. The Balaban J connectivity index is 1.03. The Morgan fingerprint density at radius 3 is 2.06 bits per heavy atom. The smallest absolute Gasteiger partial charge is 0.409 e. The topological polar surface area (TPSA) is 185 Å². The number of nitrogens with one attached hydrogen (secondary N) is 5. The Bertz CT molecular complexity index is 2600. The molecule has 0 spiro atoms. The van der Waals surface area contributed by atoms with E-state index >= 15 is 0 Å². The predicted octanol–water partition coefficient (Wildman–Crippen LogP) is 7.32. The highest BCUT2D eigenvalue weighted by Gasteiger charge is 2.36. The molecule has 1 saturated heterocycles. The van der Waals surface area contributed by atoms with Crippen molar-refractivity contribution in [2.45, 2.75) is 65.5 Å². The fraction of sp³-hybridized carbons (Fsp3) is 0.388. The zero-order valence-electron chi connectivity index (χ0n) is 37.6. The monoisotopic (exact) mass is 904 g/mol. The molecular weight excluding hydrogens is 848 g/mol. The molecule has 0 saturated carbocycles. The van der Waals surface area contributed by atoms with Crippen LogP contribution in [-0.2, 0) is 14.4 Å². The number of rotatable bonds is 14. The number of aromatic nitrogens is 1. The molecule has 4 aromatic carbocycles. The molecule has 0 radical (unpaired) electrons. The number of carbonyl (C=O) groups excluding carboxylic acids is 6. The lowest BCUT2D eigenvalue weighted by molar-refractivity contribution is -0.131. The normalized spacial score (nSPS) is 16.0. The van der Waals surface area contributed by atoms with Crippen LogP contribution in [-0.4, -0.2) is 108 Å². The lowest BCUT2D eigenvalue weighted by atomic mass is 9.95. The maximum absolute atomic E-state index is 14.4. The summed E-state index contributed by atoms with van der Waals surface area (Å²) in [4.78, 5) is 88.3. The first-order valence-electron chi connectivity index (χ1n) is 22.1. The highest BCUT2D eigenvalue weighted by atomic mass is 35.5. The quantitative estimate of drug-likeness (QED) is 0.0718. The molecule has 0 aliphatic carbocycles. The molecule has 0 bridgehead atoms. The van der Waals surface area contributed by atoms with Gasteiger partial charge in [-0.25, -0.2) is 4.79 Å². The molecule has 6 amide bonds. The summed E-state index contributed by atoms with van der Waals surface area (Å²) < 4.78 is 6.05. The number of H-pyrrole nitrogens is 1. The summed E-state index contributed by atoms with van der Waals surface area (Å²) in [7, 11) is 2.02. The molecule has 16 heteroatoms. The Labute approximate surface area is 383 Å². The van der Waals surface area contributed by atoms with E-state index in [-0.39, 0.29) is 41.4 Å². The van der Waals surface area contributed by atoms with Crippen LogP contribution in [0.25, 0.3) is 21.7 Å². The summed E-state index contributed by atoms with van der Waals surface area (Å²) in [5.41, 5.74) is 3.88. The molecule has 5 N–H and O–H groups in total. The van der Waals surface area contributed by atoms with Crippen LogP contribution in [0.4, 0.5) is 21.9 Å². The van der Waals surface area contributed by atoms with E-state index in [1.165, 1.54) is 6.92 Å². The van der Waals surface area contributed by atoms with Gasteiger partial charge < -0.3 is 45.7 Å². The minimum Gasteiger partial charge on any atom is -0.409 e. The number of hydrogen-bond acceptors (Lipinski definition) is 8. The minimum atomic E-state index is -0.848. The van der Waals surface area contributed by atoms with E-state index in [0.717, 1.165) is 29.4 Å². The van der Waals surface area contributed by atoms with Crippen LogP contribution in [0.3, 0.4) is 0 Å². The zero-order chi connectivity index (χ0) is 46.5. The van der Waals surface area contributed by atoms with Gasteiger partial charge in [0.05, 0.1) is 5.69 Å². The van der Waals surface area contributed by atoms with Crippen molar-refractivity contribution >= 4 is 86.0 Å². The first-order chi connectivity index (χ1) is 31.1. The number of alkyl halides is 1. The molecule has 2 aliphatic rings. The molecule has 15 nitrogen and oxygen atoms in total.